The number of rotatable bonds is 5. The van der Waals surface area contributed by atoms with E-state index in [0.29, 0.717) is 21.7 Å². The third kappa shape index (κ3) is 3.93. The van der Waals surface area contributed by atoms with Crippen LogP contribution in [-0.2, 0) is 0 Å². The third-order valence-corrected chi connectivity index (χ3v) is 6.50. The molecule has 3 aromatic rings. The van der Waals surface area contributed by atoms with Crippen LogP contribution in [0.25, 0.3) is 0 Å². The van der Waals surface area contributed by atoms with Gasteiger partial charge in [-0.25, -0.2) is 9.18 Å². The Morgan fingerprint density at radius 1 is 1.00 bits per heavy atom. The number of carboxylic acids is 1. The normalized spacial score (nSPS) is 19.6. The molecular formula is C25H23BrFNO4. The summed E-state index contributed by atoms with van der Waals surface area (Å²) in [7, 11) is 3.17. The zero-order valence-corrected chi connectivity index (χ0v) is 19.4. The van der Waals surface area contributed by atoms with Crippen molar-refractivity contribution >= 4 is 27.6 Å². The maximum Gasteiger partial charge on any atom is 0.337 e. The van der Waals surface area contributed by atoms with Gasteiger partial charge in [-0.2, -0.15) is 0 Å². The SMILES string of the molecule is COc1ccc([C@@H]2c3cc(Br)cc(C(=O)O)c3N[C@@H](c3ccc(F)cc3)[C@H]2C)cc1OC. The van der Waals surface area contributed by atoms with Crippen molar-refractivity contribution < 1.29 is 23.8 Å². The number of ether oxygens (including phenoxy) is 2. The van der Waals surface area contributed by atoms with Gasteiger partial charge in [0.1, 0.15) is 5.82 Å². The topological polar surface area (TPSA) is 67.8 Å². The number of carboxylic acid groups (broad SMARTS) is 1. The van der Waals surface area contributed by atoms with Crippen molar-refractivity contribution in [2.24, 2.45) is 5.92 Å². The minimum absolute atomic E-state index is 0.0157. The molecule has 3 aromatic carbocycles. The van der Waals surface area contributed by atoms with E-state index < -0.39 is 5.97 Å². The van der Waals surface area contributed by atoms with Gasteiger partial charge in [0.2, 0.25) is 0 Å². The molecule has 7 heteroatoms. The average Bonchev–Trinajstić information content (AvgIpc) is 2.78. The summed E-state index contributed by atoms with van der Waals surface area (Å²) < 4.78 is 25.2. The molecule has 166 valence electrons. The number of anilines is 1. The lowest BCUT2D eigenvalue weighted by atomic mass is 9.72. The number of methoxy groups -OCH3 is 2. The van der Waals surface area contributed by atoms with E-state index in [1.807, 2.05) is 24.3 Å². The minimum Gasteiger partial charge on any atom is -0.493 e. The Balaban J connectivity index is 1.93. The Hall–Kier alpha value is -3.06. The highest BCUT2D eigenvalue weighted by atomic mass is 79.9. The summed E-state index contributed by atoms with van der Waals surface area (Å²) >= 11 is 3.47. The second-order valence-electron chi connectivity index (χ2n) is 7.85. The van der Waals surface area contributed by atoms with E-state index in [1.165, 1.54) is 12.1 Å². The number of nitrogens with one attached hydrogen (secondary N) is 1. The highest BCUT2D eigenvalue weighted by Crippen LogP contribution is 2.50. The summed E-state index contributed by atoms with van der Waals surface area (Å²) in [5.41, 5.74) is 3.47. The fourth-order valence-corrected chi connectivity index (χ4v) is 5.03. The zero-order valence-electron chi connectivity index (χ0n) is 17.9. The Kier molecular flexibility index (Phi) is 6.11. The van der Waals surface area contributed by atoms with Crippen LogP contribution in [0.2, 0.25) is 0 Å². The van der Waals surface area contributed by atoms with Gasteiger partial charge in [0.05, 0.1) is 31.5 Å². The Morgan fingerprint density at radius 2 is 1.66 bits per heavy atom. The molecule has 0 saturated carbocycles. The van der Waals surface area contributed by atoms with Crippen molar-refractivity contribution in [3.8, 4) is 11.5 Å². The molecule has 0 spiro atoms. The molecular weight excluding hydrogens is 477 g/mol. The van der Waals surface area contributed by atoms with Crippen LogP contribution in [0.4, 0.5) is 10.1 Å². The number of carbonyl (C=O) groups is 1. The molecule has 0 radical (unpaired) electrons. The first-order chi connectivity index (χ1) is 15.3. The Labute approximate surface area is 194 Å². The summed E-state index contributed by atoms with van der Waals surface area (Å²) in [6.07, 6.45) is 0. The van der Waals surface area contributed by atoms with E-state index in [-0.39, 0.29) is 29.3 Å². The lowest BCUT2D eigenvalue weighted by Crippen LogP contribution is -2.32. The molecule has 0 saturated heterocycles. The van der Waals surface area contributed by atoms with E-state index in [4.69, 9.17) is 9.47 Å². The van der Waals surface area contributed by atoms with E-state index in [0.717, 1.165) is 16.7 Å². The van der Waals surface area contributed by atoms with Crippen LogP contribution >= 0.6 is 15.9 Å². The fourth-order valence-electron chi connectivity index (χ4n) is 4.55. The summed E-state index contributed by atoms with van der Waals surface area (Å²) in [5.74, 6) is -0.242. The summed E-state index contributed by atoms with van der Waals surface area (Å²) in [6.45, 7) is 2.10. The van der Waals surface area contributed by atoms with Crippen molar-refractivity contribution in [3.63, 3.8) is 0 Å². The lowest BCUT2D eigenvalue weighted by molar-refractivity contribution is 0.0697. The van der Waals surface area contributed by atoms with Crippen molar-refractivity contribution in [1.82, 2.24) is 0 Å². The van der Waals surface area contributed by atoms with Gasteiger partial charge in [0.15, 0.2) is 11.5 Å². The highest BCUT2D eigenvalue weighted by Gasteiger charge is 2.38. The lowest BCUT2D eigenvalue weighted by Gasteiger charge is -2.40. The number of aromatic carboxylic acids is 1. The highest BCUT2D eigenvalue weighted by molar-refractivity contribution is 9.10. The smallest absolute Gasteiger partial charge is 0.337 e. The minimum atomic E-state index is -1.02. The third-order valence-electron chi connectivity index (χ3n) is 6.05. The van der Waals surface area contributed by atoms with Crippen LogP contribution in [0.5, 0.6) is 11.5 Å². The summed E-state index contributed by atoms with van der Waals surface area (Å²) in [4.78, 5) is 12.1. The molecule has 1 aliphatic rings. The largest absolute Gasteiger partial charge is 0.493 e. The van der Waals surface area contributed by atoms with Crippen molar-refractivity contribution in [2.75, 3.05) is 19.5 Å². The molecule has 0 amide bonds. The van der Waals surface area contributed by atoms with Crippen molar-refractivity contribution in [3.05, 3.63) is 87.1 Å². The van der Waals surface area contributed by atoms with Gasteiger partial charge >= 0.3 is 5.97 Å². The zero-order chi connectivity index (χ0) is 23.0. The van der Waals surface area contributed by atoms with Gasteiger partial charge in [0, 0.05) is 10.4 Å². The van der Waals surface area contributed by atoms with E-state index in [9.17, 15) is 14.3 Å². The number of benzene rings is 3. The predicted octanol–water partition coefficient (Wildman–Crippen LogP) is 6.24. The average molecular weight is 500 g/mol. The van der Waals surface area contributed by atoms with E-state index in [2.05, 4.69) is 28.2 Å². The molecule has 1 heterocycles. The summed E-state index contributed by atoms with van der Waals surface area (Å²) in [6, 6.07) is 15.4. The number of halogens is 2. The quantitative estimate of drug-likeness (QED) is 0.434. The Morgan fingerprint density at radius 3 is 2.28 bits per heavy atom. The standard InChI is InChI=1S/C25H23BrFNO4/c1-13-22(15-6-9-20(31-2)21(10-15)32-3)18-11-16(26)12-19(25(29)30)24(18)28-23(13)14-4-7-17(27)8-5-14/h4-13,22-23,28H,1-3H3,(H,29,30)/t13-,22+,23+/m0/s1. The maximum atomic E-state index is 13.6. The molecule has 0 fully saturated rings. The first-order valence-electron chi connectivity index (χ1n) is 10.1. The van der Waals surface area contributed by atoms with Crippen LogP contribution in [0.1, 0.15) is 45.9 Å². The molecule has 0 unspecified atom stereocenters. The van der Waals surface area contributed by atoms with Crippen LogP contribution < -0.4 is 14.8 Å². The van der Waals surface area contributed by atoms with Gasteiger partial charge in [-0.1, -0.05) is 41.1 Å². The van der Waals surface area contributed by atoms with Crippen LogP contribution in [0, 0.1) is 11.7 Å². The number of hydrogen-bond acceptors (Lipinski definition) is 4. The number of fused-ring (bicyclic) bond motifs is 1. The van der Waals surface area contributed by atoms with Crippen LogP contribution in [0.15, 0.2) is 59.1 Å². The van der Waals surface area contributed by atoms with E-state index >= 15 is 0 Å². The molecule has 4 rings (SSSR count). The van der Waals surface area contributed by atoms with Gasteiger partial charge in [-0.05, 0) is 59.0 Å². The van der Waals surface area contributed by atoms with Gasteiger partial charge in [-0.3, -0.25) is 0 Å². The second kappa shape index (κ2) is 8.82. The molecule has 2 N–H and O–H groups in total. The monoisotopic (exact) mass is 499 g/mol. The Bertz CT molecular complexity index is 1170. The van der Waals surface area contributed by atoms with Gasteiger partial charge in [0.25, 0.3) is 0 Å². The molecule has 0 bridgehead atoms. The summed E-state index contributed by atoms with van der Waals surface area (Å²) in [5, 5.41) is 13.3. The van der Waals surface area contributed by atoms with Crippen LogP contribution in [0.3, 0.4) is 0 Å². The molecule has 3 atom stereocenters. The molecule has 0 aromatic heterocycles. The molecule has 0 aliphatic carbocycles. The first-order valence-corrected chi connectivity index (χ1v) is 10.9. The fraction of sp³-hybridized carbons (Fsp3) is 0.240. The molecule has 1 aliphatic heterocycles. The van der Waals surface area contributed by atoms with Crippen molar-refractivity contribution in [2.45, 2.75) is 18.9 Å². The van der Waals surface area contributed by atoms with Crippen LogP contribution in [-0.4, -0.2) is 25.3 Å². The van der Waals surface area contributed by atoms with Gasteiger partial charge < -0.3 is 19.9 Å². The van der Waals surface area contributed by atoms with Gasteiger partial charge in [-0.15, -0.1) is 0 Å². The number of hydrogen-bond donors (Lipinski definition) is 2. The predicted molar refractivity (Wildman–Crippen MR) is 124 cm³/mol. The van der Waals surface area contributed by atoms with E-state index in [1.54, 1.807) is 32.4 Å². The van der Waals surface area contributed by atoms with Crippen molar-refractivity contribution in [1.29, 1.82) is 0 Å². The molecule has 5 nitrogen and oxygen atoms in total. The molecule has 32 heavy (non-hydrogen) atoms. The first kappa shape index (κ1) is 22.1. The maximum absolute atomic E-state index is 13.6. The second-order valence-corrected chi connectivity index (χ2v) is 8.76.